The maximum absolute atomic E-state index is 13.5. The predicted octanol–water partition coefficient (Wildman–Crippen LogP) is 4.94. The Kier molecular flexibility index (Phi) is 5.57. The van der Waals surface area contributed by atoms with E-state index in [0.717, 1.165) is 59.7 Å². The highest BCUT2D eigenvalue weighted by Crippen LogP contribution is 2.41. The third-order valence-electron chi connectivity index (χ3n) is 6.34. The summed E-state index contributed by atoms with van der Waals surface area (Å²) in [4.78, 5) is 6.12. The third kappa shape index (κ3) is 3.96. The van der Waals surface area contributed by atoms with E-state index in [1.165, 1.54) is 12.3 Å². The molecule has 5 rings (SSSR count). The summed E-state index contributed by atoms with van der Waals surface area (Å²) >= 11 is 0. The Balaban J connectivity index is 1.58. The predicted molar refractivity (Wildman–Crippen MR) is 125 cm³/mol. The molecule has 0 radical (unpaired) electrons. The highest BCUT2D eigenvalue weighted by Gasteiger charge is 2.28. The van der Waals surface area contributed by atoms with Crippen molar-refractivity contribution in [2.45, 2.75) is 18.8 Å². The first-order valence-corrected chi connectivity index (χ1v) is 11.0. The van der Waals surface area contributed by atoms with Gasteiger partial charge in [0.1, 0.15) is 18.2 Å². The first-order valence-electron chi connectivity index (χ1n) is 11.0. The van der Waals surface area contributed by atoms with Gasteiger partial charge in [0.2, 0.25) is 5.95 Å². The Hall–Kier alpha value is -4.05. The summed E-state index contributed by atoms with van der Waals surface area (Å²) in [6.45, 7) is 1.57. The molecular weight excluding hydrogens is 415 g/mol. The number of anilines is 1. The van der Waals surface area contributed by atoms with Crippen molar-refractivity contribution in [1.82, 2.24) is 19.7 Å². The maximum atomic E-state index is 13.5. The largest absolute Gasteiger partial charge is 0.370 e. The number of aryl methyl sites for hydroxylation is 1. The van der Waals surface area contributed by atoms with Crippen LogP contribution in [0.25, 0.3) is 22.3 Å². The second-order valence-corrected chi connectivity index (χ2v) is 8.29. The molecule has 0 atom stereocenters. The van der Waals surface area contributed by atoms with Gasteiger partial charge in [-0.15, -0.1) is 10.2 Å². The molecule has 1 aliphatic rings. The Morgan fingerprint density at radius 1 is 0.970 bits per heavy atom. The van der Waals surface area contributed by atoms with E-state index < -0.39 is 5.95 Å². The number of nitriles is 1. The van der Waals surface area contributed by atoms with Crippen molar-refractivity contribution in [3.05, 3.63) is 84.5 Å². The Morgan fingerprint density at radius 2 is 1.73 bits per heavy atom. The van der Waals surface area contributed by atoms with Gasteiger partial charge in [0.05, 0.1) is 11.3 Å². The second kappa shape index (κ2) is 8.83. The molecule has 164 valence electrons. The van der Waals surface area contributed by atoms with E-state index in [-0.39, 0.29) is 0 Å². The van der Waals surface area contributed by atoms with Crippen LogP contribution in [0.15, 0.2) is 67.1 Å². The molecule has 0 aliphatic carbocycles. The molecule has 1 aliphatic heterocycles. The Labute approximate surface area is 192 Å². The Bertz CT molecular complexity index is 1300. The summed E-state index contributed by atoms with van der Waals surface area (Å²) in [7, 11) is 1.97. The number of halogens is 1. The van der Waals surface area contributed by atoms with E-state index in [9.17, 15) is 9.65 Å². The summed E-state index contributed by atoms with van der Waals surface area (Å²) in [5.41, 5.74) is 5.06. The van der Waals surface area contributed by atoms with Crippen LogP contribution in [0.5, 0.6) is 0 Å². The molecule has 0 saturated carbocycles. The summed E-state index contributed by atoms with van der Waals surface area (Å²) in [6, 6.07) is 19.5. The first kappa shape index (κ1) is 20.8. The lowest BCUT2D eigenvalue weighted by Crippen LogP contribution is -2.34. The minimum Gasteiger partial charge on any atom is -0.370 e. The average molecular weight is 439 g/mol. The average Bonchev–Trinajstić information content (AvgIpc) is 3.30. The van der Waals surface area contributed by atoms with Crippen molar-refractivity contribution < 1.29 is 4.39 Å². The zero-order valence-electron chi connectivity index (χ0n) is 18.3. The van der Waals surface area contributed by atoms with Gasteiger partial charge in [0.15, 0.2) is 0 Å². The van der Waals surface area contributed by atoms with Gasteiger partial charge in [-0.25, -0.2) is 4.98 Å². The molecule has 2 aromatic carbocycles. The van der Waals surface area contributed by atoms with E-state index in [4.69, 9.17) is 0 Å². The maximum Gasteiger partial charge on any atom is 0.212 e. The summed E-state index contributed by atoms with van der Waals surface area (Å²) in [5.74, 6) is 0.801. The highest BCUT2D eigenvalue weighted by atomic mass is 19.1. The van der Waals surface area contributed by atoms with Crippen LogP contribution in [0.4, 0.5) is 10.1 Å². The molecule has 0 amide bonds. The van der Waals surface area contributed by atoms with Gasteiger partial charge >= 0.3 is 0 Å². The van der Waals surface area contributed by atoms with E-state index in [2.05, 4.69) is 26.2 Å². The molecule has 0 unspecified atom stereocenters. The number of benzene rings is 2. The number of aromatic nitrogens is 4. The summed E-state index contributed by atoms with van der Waals surface area (Å²) in [6.07, 6.45) is 5.09. The molecule has 0 bridgehead atoms. The molecule has 0 N–H and O–H groups in total. The molecule has 7 heteroatoms. The second-order valence-electron chi connectivity index (χ2n) is 8.29. The summed E-state index contributed by atoms with van der Waals surface area (Å²) < 4.78 is 15.5. The van der Waals surface area contributed by atoms with Crippen molar-refractivity contribution >= 4 is 5.69 Å². The number of rotatable bonds is 4. The number of hydrogen-bond donors (Lipinski definition) is 0. The fourth-order valence-corrected chi connectivity index (χ4v) is 4.68. The zero-order chi connectivity index (χ0) is 22.8. The smallest absolute Gasteiger partial charge is 0.212 e. The topological polar surface area (TPSA) is 70.6 Å². The lowest BCUT2D eigenvalue weighted by molar-refractivity contribution is 0.474. The van der Waals surface area contributed by atoms with Crippen molar-refractivity contribution in [3.63, 3.8) is 0 Å². The van der Waals surface area contributed by atoms with Crippen LogP contribution >= 0.6 is 0 Å². The quantitative estimate of drug-likeness (QED) is 0.422. The van der Waals surface area contributed by atoms with Crippen LogP contribution in [0, 0.1) is 17.3 Å². The molecule has 3 heterocycles. The lowest BCUT2D eigenvalue weighted by Gasteiger charge is -2.35. The highest BCUT2D eigenvalue weighted by molar-refractivity contribution is 5.89. The van der Waals surface area contributed by atoms with E-state index in [1.807, 2.05) is 54.1 Å². The minimum atomic E-state index is -0.522. The number of piperidine rings is 1. The van der Waals surface area contributed by atoms with Crippen LogP contribution < -0.4 is 4.90 Å². The molecule has 1 fully saturated rings. The van der Waals surface area contributed by atoms with Crippen molar-refractivity contribution in [1.29, 1.82) is 5.26 Å². The number of nitrogens with zero attached hydrogens (tertiary/aromatic N) is 6. The zero-order valence-corrected chi connectivity index (χ0v) is 18.3. The van der Waals surface area contributed by atoms with Gasteiger partial charge in [0, 0.05) is 48.9 Å². The van der Waals surface area contributed by atoms with E-state index in [1.54, 1.807) is 12.4 Å². The normalized spacial score (nSPS) is 14.3. The lowest BCUT2D eigenvalue weighted by atomic mass is 9.90. The van der Waals surface area contributed by atoms with Gasteiger partial charge in [-0.3, -0.25) is 0 Å². The molecule has 6 nitrogen and oxygen atoms in total. The fraction of sp³-hybridized carbons (Fsp3) is 0.231. The van der Waals surface area contributed by atoms with Gasteiger partial charge in [-0.1, -0.05) is 42.5 Å². The molecule has 33 heavy (non-hydrogen) atoms. The number of hydrogen-bond acceptors (Lipinski definition) is 5. The first-order chi connectivity index (χ1) is 16.2. The van der Waals surface area contributed by atoms with Crippen molar-refractivity contribution in [2.75, 3.05) is 18.0 Å². The Morgan fingerprint density at radius 3 is 2.36 bits per heavy atom. The van der Waals surface area contributed by atoms with Crippen LogP contribution in [0.3, 0.4) is 0 Å². The van der Waals surface area contributed by atoms with Crippen molar-refractivity contribution in [3.8, 4) is 28.3 Å². The molecule has 4 aromatic rings. The summed E-state index contributed by atoms with van der Waals surface area (Å²) in [5, 5.41) is 18.6. The van der Waals surface area contributed by atoms with E-state index >= 15 is 0 Å². The molecule has 0 spiro atoms. The van der Waals surface area contributed by atoms with Gasteiger partial charge in [-0.05, 0) is 30.5 Å². The van der Waals surface area contributed by atoms with Crippen LogP contribution in [0.1, 0.15) is 30.1 Å². The standard InChI is InChI=1S/C26H23FN6/c1-32-17-30-31-26(32)19-11-13-33(14-12-19)25-22(20-7-10-24(27)29-16-20)9-8-21(23(25)15-28)18-5-3-2-4-6-18/h2-10,16-17,19H,11-14H2,1H3. The molecule has 1 saturated heterocycles. The van der Waals surface area contributed by atoms with E-state index in [0.29, 0.717) is 11.5 Å². The van der Waals surface area contributed by atoms with Gasteiger partial charge in [0.25, 0.3) is 0 Å². The van der Waals surface area contributed by atoms with Crippen LogP contribution in [-0.4, -0.2) is 32.8 Å². The monoisotopic (exact) mass is 438 g/mol. The SMILES string of the molecule is Cn1cnnc1C1CCN(c2c(-c3ccc(F)nc3)ccc(-c3ccccc3)c2C#N)CC1. The van der Waals surface area contributed by atoms with Gasteiger partial charge in [-0.2, -0.15) is 9.65 Å². The van der Waals surface area contributed by atoms with Crippen molar-refractivity contribution in [2.24, 2.45) is 7.05 Å². The van der Waals surface area contributed by atoms with Crippen LogP contribution in [-0.2, 0) is 7.05 Å². The number of pyridine rings is 1. The molecule has 2 aromatic heterocycles. The molecular formula is C26H23FN6. The third-order valence-corrected chi connectivity index (χ3v) is 6.34. The fourth-order valence-electron chi connectivity index (χ4n) is 4.68. The minimum absolute atomic E-state index is 0.326. The van der Waals surface area contributed by atoms with Crippen LogP contribution in [0.2, 0.25) is 0 Å². The van der Waals surface area contributed by atoms with Gasteiger partial charge < -0.3 is 9.47 Å².